The molecule has 0 spiro atoms. The third-order valence-electron chi connectivity index (χ3n) is 3.50. The maximum absolute atomic E-state index is 12.6. The molecule has 2 heterocycles. The van der Waals surface area contributed by atoms with Crippen LogP contribution >= 0.6 is 24.0 Å². The first-order chi connectivity index (χ1) is 11.6. The van der Waals surface area contributed by atoms with Gasteiger partial charge in [0.15, 0.2) is 0 Å². The predicted octanol–water partition coefficient (Wildman–Crippen LogP) is 1.84. The summed E-state index contributed by atoms with van der Waals surface area (Å²) in [6.07, 6.45) is 3.17. The highest BCUT2D eigenvalue weighted by atomic mass is 32.2. The molecule has 1 amide bonds. The minimum atomic E-state index is -1.34. The highest BCUT2D eigenvalue weighted by molar-refractivity contribution is 8.26. The molecule has 0 unspecified atom stereocenters. The second kappa shape index (κ2) is 7.02. The largest absolute Gasteiger partial charge is 0.548 e. The molecule has 3 rings (SSSR count). The zero-order valence-electron chi connectivity index (χ0n) is 12.4. The monoisotopic (exact) mass is 358 g/mol. The van der Waals surface area contributed by atoms with Crippen molar-refractivity contribution in [2.75, 3.05) is 0 Å². The Morgan fingerprint density at radius 3 is 2.67 bits per heavy atom. The highest BCUT2D eigenvalue weighted by Gasteiger charge is 2.38. The van der Waals surface area contributed by atoms with E-state index in [9.17, 15) is 14.7 Å². The lowest BCUT2D eigenvalue weighted by Crippen LogP contribution is -2.51. The molecule has 1 fully saturated rings. The molecule has 24 heavy (non-hydrogen) atoms. The van der Waals surface area contributed by atoms with E-state index in [1.165, 1.54) is 6.26 Å². The Labute approximate surface area is 148 Å². The smallest absolute Gasteiger partial charge is 0.266 e. The van der Waals surface area contributed by atoms with Gasteiger partial charge in [-0.05, 0) is 24.1 Å². The molecule has 1 aliphatic heterocycles. The van der Waals surface area contributed by atoms with Gasteiger partial charge in [0.1, 0.15) is 10.1 Å². The molecule has 5 nitrogen and oxygen atoms in total. The van der Waals surface area contributed by atoms with Gasteiger partial charge in [0.25, 0.3) is 5.91 Å². The molecule has 1 aromatic carbocycles. The summed E-state index contributed by atoms with van der Waals surface area (Å²) < 4.78 is 5.38. The van der Waals surface area contributed by atoms with Crippen molar-refractivity contribution in [3.63, 3.8) is 0 Å². The fraction of sp³-hybridized carbons (Fsp3) is 0.118. The maximum atomic E-state index is 12.6. The van der Waals surface area contributed by atoms with Crippen molar-refractivity contribution < 1.29 is 19.1 Å². The summed E-state index contributed by atoms with van der Waals surface area (Å²) in [6.45, 7) is 0. The summed E-state index contributed by atoms with van der Waals surface area (Å²) in [5, 5.41) is 11.6. The fourth-order valence-corrected chi connectivity index (χ4v) is 3.71. The Morgan fingerprint density at radius 2 is 2.04 bits per heavy atom. The normalized spacial score (nSPS) is 17.5. The summed E-state index contributed by atoms with van der Waals surface area (Å²) in [6, 6.07) is 11.3. The quantitative estimate of drug-likeness (QED) is 0.600. The number of furan rings is 1. The van der Waals surface area contributed by atoms with E-state index in [0.29, 0.717) is 10.7 Å². The lowest BCUT2D eigenvalue weighted by atomic mass is 10.0. The predicted molar refractivity (Wildman–Crippen MR) is 92.7 cm³/mol. The first kappa shape index (κ1) is 16.5. The molecular weight excluding hydrogens is 346 g/mol. The number of carbonyl (C=O) groups excluding carboxylic acids is 2. The minimum absolute atomic E-state index is 0.129. The van der Waals surface area contributed by atoms with Crippen LogP contribution in [0.1, 0.15) is 11.3 Å². The van der Waals surface area contributed by atoms with Gasteiger partial charge in [0, 0.05) is 6.08 Å². The molecule has 122 valence electrons. The van der Waals surface area contributed by atoms with Crippen LogP contribution in [-0.2, 0) is 16.0 Å². The van der Waals surface area contributed by atoms with Crippen LogP contribution in [0, 0.1) is 0 Å². The summed E-state index contributed by atoms with van der Waals surface area (Å²) in [5.74, 6) is -1.29. The van der Waals surface area contributed by atoms with E-state index in [0.717, 1.165) is 22.2 Å². The SMILES string of the molecule is O=C([O-])[C@H](Cc1ccccc1)N1C(=O)C(=Cc2ccco2)SC1=S. The highest BCUT2D eigenvalue weighted by Crippen LogP contribution is 2.34. The van der Waals surface area contributed by atoms with Gasteiger partial charge in [0.05, 0.1) is 23.2 Å². The van der Waals surface area contributed by atoms with Gasteiger partial charge in [-0.15, -0.1) is 0 Å². The van der Waals surface area contributed by atoms with Crippen LogP contribution in [0.2, 0.25) is 0 Å². The average Bonchev–Trinajstić information content (AvgIpc) is 3.16. The molecule has 1 aromatic heterocycles. The third-order valence-corrected chi connectivity index (χ3v) is 4.83. The van der Waals surface area contributed by atoms with Crippen LogP contribution in [-0.4, -0.2) is 27.1 Å². The van der Waals surface area contributed by atoms with Gasteiger partial charge < -0.3 is 14.3 Å². The molecule has 0 N–H and O–H groups in total. The van der Waals surface area contributed by atoms with Gasteiger partial charge >= 0.3 is 0 Å². The van der Waals surface area contributed by atoms with Crippen LogP contribution < -0.4 is 5.11 Å². The van der Waals surface area contributed by atoms with Crippen molar-refractivity contribution in [3.05, 3.63) is 65.0 Å². The molecule has 7 heteroatoms. The first-order valence-corrected chi connectivity index (χ1v) is 8.34. The van der Waals surface area contributed by atoms with Gasteiger partial charge in [-0.3, -0.25) is 9.69 Å². The van der Waals surface area contributed by atoms with Gasteiger partial charge in [-0.2, -0.15) is 0 Å². The Morgan fingerprint density at radius 1 is 1.29 bits per heavy atom. The van der Waals surface area contributed by atoms with Gasteiger partial charge in [0.2, 0.25) is 0 Å². The Hall–Kier alpha value is -2.38. The number of rotatable bonds is 5. The summed E-state index contributed by atoms with van der Waals surface area (Å²) in [4.78, 5) is 25.6. The Bertz CT molecular complexity index is 799. The fourth-order valence-electron chi connectivity index (χ4n) is 2.37. The lowest BCUT2D eigenvalue weighted by molar-refractivity contribution is -0.310. The zero-order chi connectivity index (χ0) is 17.1. The number of thiocarbonyl (C=S) groups is 1. The number of carboxylic acids is 1. The van der Waals surface area contributed by atoms with E-state index >= 15 is 0 Å². The Kier molecular flexibility index (Phi) is 4.82. The molecule has 2 aromatic rings. The average molecular weight is 358 g/mol. The molecule has 1 atom stereocenters. The van der Waals surface area contributed by atoms with Crippen molar-refractivity contribution in [2.24, 2.45) is 0 Å². The maximum Gasteiger partial charge on any atom is 0.266 e. The minimum Gasteiger partial charge on any atom is -0.548 e. The molecule has 1 aliphatic rings. The van der Waals surface area contributed by atoms with Crippen LogP contribution in [0.15, 0.2) is 58.1 Å². The van der Waals surface area contributed by atoms with E-state index in [2.05, 4.69) is 0 Å². The van der Waals surface area contributed by atoms with Crippen molar-refractivity contribution in [1.82, 2.24) is 4.90 Å². The Balaban J connectivity index is 1.87. The van der Waals surface area contributed by atoms with E-state index in [1.54, 1.807) is 30.3 Å². The number of carbonyl (C=O) groups is 2. The lowest BCUT2D eigenvalue weighted by Gasteiger charge is -2.27. The third kappa shape index (κ3) is 3.42. The number of aliphatic carboxylic acids is 1. The summed E-state index contributed by atoms with van der Waals surface area (Å²) in [7, 11) is 0. The van der Waals surface area contributed by atoms with E-state index in [4.69, 9.17) is 16.6 Å². The van der Waals surface area contributed by atoms with Crippen molar-refractivity contribution >= 4 is 46.3 Å². The number of hydrogen-bond acceptors (Lipinski definition) is 6. The standard InChI is InChI=1S/C17H13NO4S2/c19-15-14(10-12-7-4-8-22-12)24-17(23)18(15)13(16(20)21)9-11-5-2-1-3-6-11/h1-8,10,13H,9H2,(H,20,21)/p-1/t13-/m0/s1. The number of carboxylic acid groups (broad SMARTS) is 1. The van der Waals surface area contributed by atoms with E-state index in [1.807, 2.05) is 18.2 Å². The molecular formula is C17H12NO4S2-. The number of thioether (sulfide) groups is 1. The molecule has 0 saturated carbocycles. The van der Waals surface area contributed by atoms with Gasteiger partial charge in [-0.1, -0.05) is 54.3 Å². The van der Waals surface area contributed by atoms with E-state index < -0.39 is 17.9 Å². The number of hydrogen-bond donors (Lipinski definition) is 0. The summed E-state index contributed by atoms with van der Waals surface area (Å²) >= 11 is 6.26. The van der Waals surface area contributed by atoms with Crippen LogP contribution in [0.4, 0.5) is 0 Å². The second-order valence-corrected chi connectivity index (χ2v) is 6.77. The number of benzene rings is 1. The molecule has 0 aliphatic carbocycles. The first-order valence-electron chi connectivity index (χ1n) is 7.11. The van der Waals surface area contributed by atoms with Crippen LogP contribution in [0.3, 0.4) is 0 Å². The second-order valence-electron chi connectivity index (χ2n) is 5.09. The summed E-state index contributed by atoms with van der Waals surface area (Å²) in [5.41, 5.74) is 0.788. The molecule has 1 saturated heterocycles. The molecule has 0 bridgehead atoms. The van der Waals surface area contributed by atoms with Crippen molar-refractivity contribution in [1.29, 1.82) is 0 Å². The number of nitrogens with zero attached hydrogens (tertiary/aromatic N) is 1. The van der Waals surface area contributed by atoms with Crippen LogP contribution in [0.5, 0.6) is 0 Å². The van der Waals surface area contributed by atoms with Crippen molar-refractivity contribution in [2.45, 2.75) is 12.5 Å². The van der Waals surface area contributed by atoms with Crippen molar-refractivity contribution in [3.8, 4) is 0 Å². The zero-order valence-corrected chi connectivity index (χ0v) is 14.0. The topological polar surface area (TPSA) is 73.6 Å². The number of amides is 1. The van der Waals surface area contributed by atoms with Crippen LogP contribution in [0.25, 0.3) is 6.08 Å². The molecule has 0 radical (unpaired) electrons. The van der Waals surface area contributed by atoms with E-state index in [-0.39, 0.29) is 10.7 Å². The van der Waals surface area contributed by atoms with Gasteiger partial charge in [-0.25, -0.2) is 0 Å².